The molecule has 1 aromatic heterocycles. The van der Waals surface area contributed by atoms with E-state index in [1.165, 1.54) is 42.4 Å². The minimum atomic E-state index is 0.0494. The maximum atomic E-state index is 13.2. The Morgan fingerprint density at radius 1 is 1.02 bits per heavy atom. The van der Waals surface area contributed by atoms with Gasteiger partial charge in [-0.2, -0.15) is 5.26 Å². The zero-order valence-electron chi connectivity index (χ0n) is 23.8. The number of allylic oxidation sites excluding steroid dienone is 4. The van der Waals surface area contributed by atoms with Gasteiger partial charge in [-0.3, -0.25) is 9.78 Å². The third-order valence-corrected chi connectivity index (χ3v) is 8.31. The number of nitriles is 1. The molecule has 6 rings (SSSR count). The summed E-state index contributed by atoms with van der Waals surface area (Å²) in [6.07, 6.45) is 13.5. The second kappa shape index (κ2) is 11.5. The van der Waals surface area contributed by atoms with Crippen LogP contribution in [0, 0.1) is 16.7 Å². The maximum Gasteiger partial charge on any atom is 0.168 e. The highest BCUT2D eigenvalue weighted by Crippen LogP contribution is 2.47. The molecule has 1 heterocycles. The molecule has 2 aliphatic rings. The zero-order valence-corrected chi connectivity index (χ0v) is 23.8. The molecule has 0 saturated heterocycles. The first-order chi connectivity index (χ1) is 19.3. The van der Waals surface area contributed by atoms with Crippen molar-refractivity contribution in [3.63, 3.8) is 0 Å². The maximum absolute atomic E-state index is 13.2. The molecule has 0 spiro atoms. The van der Waals surface area contributed by atoms with Gasteiger partial charge >= 0.3 is 0 Å². The lowest BCUT2D eigenvalue weighted by Gasteiger charge is -2.35. The van der Waals surface area contributed by atoms with Crippen molar-refractivity contribution in [2.45, 2.75) is 65.7 Å². The van der Waals surface area contributed by atoms with E-state index in [1.54, 1.807) is 6.20 Å². The molecule has 0 aliphatic heterocycles. The summed E-state index contributed by atoms with van der Waals surface area (Å²) in [7, 11) is 0. The first kappa shape index (κ1) is 27.3. The minimum Gasteiger partial charge on any atom is -0.398 e. The fraction of sp³-hybridized carbons (Fsp3) is 0.306. The van der Waals surface area contributed by atoms with E-state index in [0.29, 0.717) is 12.0 Å². The summed E-state index contributed by atoms with van der Waals surface area (Å²) in [5, 5.41) is 11.7. The molecule has 4 nitrogen and oxygen atoms in total. The Bertz CT molecular complexity index is 1700. The number of aromatic nitrogens is 1. The van der Waals surface area contributed by atoms with E-state index < -0.39 is 0 Å². The Morgan fingerprint density at radius 2 is 1.82 bits per heavy atom. The predicted octanol–water partition coefficient (Wildman–Crippen LogP) is 8.98. The number of nitrogen functional groups attached to an aromatic ring is 1. The summed E-state index contributed by atoms with van der Waals surface area (Å²) in [4.78, 5) is 17.3. The molecule has 40 heavy (non-hydrogen) atoms. The topological polar surface area (TPSA) is 79.8 Å². The summed E-state index contributed by atoms with van der Waals surface area (Å²) < 4.78 is 0. The van der Waals surface area contributed by atoms with Crippen molar-refractivity contribution >= 4 is 38.7 Å². The Labute approximate surface area is 237 Å². The monoisotopic (exact) mass is 527 g/mol. The van der Waals surface area contributed by atoms with Crippen LogP contribution in [0.15, 0.2) is 78.5 Å². The van der Waals surface area contributed by atoms with E-state index >= 15 is 0 Å². The Balaban J connectivity index is 0.000000223. The molecule has 2 aliphatic carbocycles. The lowest BCUT2D eigenvalue weighted by Crippen LogP contribution is -2.24. The average Bonchev–Trinajstić information content (AvgIpc) is 2.96. The number of aryl methyl sites for hydroxylation is 1. The number of Topliss-reactive ketones (excluding diaryl/α,β-unsaturated/α-hetero) is 1. The lowest BCUT2D eigenvalue weighted by molar-refractivity contribution is 0.0985. The van der Waals surface area contributed by atoms with Gasteiger partial charge in [0.15, 0.2) is 5.78 Å². The van der Waals surface area contributed by atoms with Crippen LogP contribution in [0.25, 0.3) is 27.2 Å². The molecule has 0 radical (unpaired) electrons. The van der Waals surface area contributed by atoms with Crippen molar-refractivity contribution in [1.82, 2.24) is 4.98 Å². The van der Waals surface area contributed by atoms with Gasteiger partial charge in [-0.1, -0.05) is 94.7 Å². The van der Waals surface area contributed by atoms with Crippen molar-refractivity contribution < 1.29 is 4.79 Å². The molecule has 0 unspecified atom stereocenters. The summed E-state index contributed by atoms with van der Waals surface area (Å²) in [6, 6.07) is 20.1. The van der Waals surface area contributed by atoms with Crippen molar-refractivity contribution in [2.75, 3.05) is 5.73 Å². The van der Waals surface area contributed by atoms with Crippen LogP contribution in [0.1, 0.15) is 86.3 Å². The van der Waals surface area contributed by atoms with Gasteiger partial charge in [-0.05, 0) is 64.5 Å². The van der Waals surface area contributed by atoms with Gasteiger partial charge in [0.1, 0.15) is 6.07 Å². The number of carbonyl (C=O) groups is 1. The smallest absolute Gasteiger partial charge is 0.168 e. The number of benzene rings is 3. The van der Waals surface area contributed by atoms with E-state index in [1.807, 2.05) is 30.3 Å². The van der Waals surface area contributed by atoms with Crippen LogP contribution in [0.2, 0.25) is 0 Å². The summed E-state index contributed by atoms with van der Waals surface area (Å²) in [5.74, 6) is 0.234. The average molecular weight is 528 g/mol. The van der Waals surface area contributed by atoms with Crippen molar-refractivity contribution in [3.05, 3.63) is 101 Å². The van der Waals surface area contributed by atoms with E-state index in [9.17, 15) is 4.79 Å². The van der Waals surface area contributed by atoms with Crippen LogP contribution in [-0.2, 0) is 6.42 Å². The number of hydrogen-bond donors (Lipinski definition) is 1. The van der Waals surface area contributed by atoms with E-state index in [2.05, 4.69) is 68.2 Å². The molecule has 4 heteroatoms. The third kappa shape index (κ3) is 5.29. The van der Waals surface area contributed by atoms with Gasteiger partial charge in [0.2, 0.25) is 0 Å². The Hall–Kier alpha value is -4.23. The van der Waals surface area contributed by atoms with Crippen molar-refractivity contribution in [1.29, 1.82) is 5.26 Å². The quantitative estimate of drug-likeness (QED) is 0.207. The fourth-order valence-corrected chi connectivity index (χ4v) is 5.99. The predicted molar refractivity (Wildman–Crippen MR) is 166 cm³/mol. The number of unbranched alkanes of at least 4 members (excludes halogenated alkanes) is 3. The summed E-state index contributed by atoms with van der Waals surface area (Å²) in [6.45, 7) is 6.72. The van der Waals surface area contributed by atoms with Crippen LogP contribution in [0.4, 0.5) is 5.69 Å². The number of ketones is 1. The van der Waals surface area contributed by atoms with Gasteiger partial charge in [0, 0.05) is 34.6 Å². The van der Waals surface area contributed by atoms with Gasteiger partial charge in [0.05, 0.1) is 11.1 Å². The molecule has 3 aromatic carbocycles. The number of nitrogens with two attached hydrogens (primary N) is 1. The standard InChI is InChI=1S/C26H31NO.C10H6N2/c1-4-5-6-7-9-17-11-12-20-21(25(17)27)14-13-19-18-10-8-15-26(2,3)22(18)16-23(28)24(19)20;11-6-8-5-9-3-1-2-4-10(9)12-7-8/h8,10-14H,4-7,9,15-16,27H2,1-3H3;1-5,7H. The van der Waals surface area contributed by atoms with Gasteiger partial charge in [-0.25, -0.2) is 0 Å². The highest BCUT2D eigenvalue weighted by atomic mass is 16.1. The minimum absolute atomic E-state index is 0.0494. The summed E-state index contributed by atoms with van der Waals surface area (Å²) in [5.41, 5.74) is 14.7. The molecule has 2 N–H and O–H groups in total. The Kier molecular flexibility index (Phi) is 7.85. The first-order valence-corrected chi connectivity index (χ1v) is 14.4. The Morgan fingerprint density at radius 3 is 2.62 bits per heavy atom. The van der Waals surface area contributed by atoms with Crippen LogP contribution < -0.4 is 5.73 Å². The largest absolute Gasteiger partial charge is 0.398 e. The number of nitrogens with zero attached hydrogens (tertiary/aromatic N) is 2. The van der Waals surface area contributed by atoms with Crippen LogP contribution in [-0.4, -0.2) is 10.8 Å². The van der Waals surface area contributed by atoms with E-state index in [-0.39, 0.29) is 11.2 Å². The lowest BCUT2D eigenvalue weighted by atomic mass is 9.68. The van der Waals surface area contributed by atoms with Gasteiger partial charge < -0.3 is 5.73 Å². The summed E-state index contributed by atoms with van der Waals surface area (Å²) >= 11 is 0. The third-order valence-electron chi connectivity index (χ3n) is 8.31. The van der Waals surface area contributed by atoms with Crippen LogP contribution >= 0.6 is 0 Å². The number of anilines is 1. The SMILES string of the molecule is CCCCCCc1ccc2c3c(ccc2c1N)C1=C(CC3=O)C(C)(C)CC=C1.N#Cc1cnc2ccccc2c1. The molecule has 0 atom stereocenters. The normalized spacial score (nSPS) is 15.3. The second-order valence-corrected chi connectivity index (χ2v) is 11.5. The number of para-hydroxylation sites is 1. The fourth-order valence-electron chi connectivity index (χ4n) is 5.99. The number of pyridine rings is 1. The van der Waals surface area contributed by atoms with Crippen LogP contribution in [0.3, 0.4) is 0 Å². The van der Waals surface area contributed by atoms with E-state index in [0.717, 1.165) is 51.3 Å². The molecule has 4 aromatic rings. The molecule has 202 valence electrons. The molecule has 0 amide bonds. The second-order valence-electron chi connectivity index (χ2n) is 11.5. The molecule has 0 fully saturated rings. The molecular weight excluding hydrogens is 490 g/mol. The van der Waals surface area contributed by atoms with Gasteiger partial charge in [0.25, 0.3) is 0 Å². The van der Waals surface area contributed by atoms with Gasteiger partial charge in [-0.15, -0.1) is 0 Å². The molecule has 0 bridgehead atoms. The molecular formula is C36H37N3O. The van der Waals surface area contributed by atoms with Crippen LogP contribution in [0.5, 0.6) is 0 Å². The van der Waals surface area contributed by atoms with E-state index in [4.69, 9.17) is 11.0 Å². The zero-order chi connectivity index (χ0) is 28.3. The number of carbonyl (C=O) groups excluding carboxylic acids is 1. The highest BCUT2D eigenvalue weighted by Gasteiger charge is 2.35. The molecule has 0 saturated carbocycles. The highest BCUT2D eigenvalue weighted by molar-refractivity contribution is 6.17. The number of fused-ring (bicyclic) bond motifs is 5. The van der Waals surface area contributed by atoms with Crippen molar-refractivity contribution in [2.24, 2.45) is 5.41 Å². The van der Waals surface area contributed by atoms with Crippen molar-refractivity contribution in [3.8, 4) is 6.07 Å². The number of hydrogen-bond acceptors (Lipinski definition) is 4. The first-order valence-electron chi connectivity index (χ1n) is 14.4. The number of rotatable bonds is 5.